The molecule has 6 heteroatoms. The number of hydrogen-bond acceptors (Lipinski definition) is 6. The van der Waals surface area contributed by atoms with Crippen LogP contribution in [0.5, 0.6) is 5.75 Å². The van der Waals surface area contributed by atoms with Crippen LogP contribution >= 0.6 is 0 Å². The highest BCUT2D eigenvalue weighted by Gasteiger charge is 2.30. The number of benzene rings is 2. The van der Waals surface area contributed by atoms with E-state index in [-0.39, 0.29) is 0 Å². The maximum Gasteiger partial charge on any atom is 0.142 e. The summed E-state index contributed by atoms with van der Waals surface area (Å²) in [7, 11) is 1.75. The van der Waals surface area contributed by atoms with Crippen LogP contribution in [0.1, 0.15) is 44.0 Å². The van der Waals surface area contributed by atoms with Gasteiger partial charge in [-0.15, -0.1) is 0 Å². The van der Waals surface area contributed by atoms with Crippen molar-refractivity contribution in [2.75, 3.05) is 61.1 Å². The van der Waals surface area contributed by atoms with Gasteiger partial charge in [0.25, 0.3) is 0 Å². The number of para-hydroxylation sites is 2. The number of rotatable bonds is 7. The summed E-state index contributed by atoms with van der Waals surface area (Å²) in [6.07, 6.45) is 2.42. The molecule has 1 saturated heterocycles. The summed E-state index contributed by atoms with van der Waals surface area (Å²) in [5.74, 6) is 3.61. The van der Waals surface area contributed by atoms with Crippen molar-refractivity contribution in [3.05, 3.63) is 47.8 Å². The number of anilines is 3. The fourth-order valence-corrected chi connectivity index (χ4v) is 4.99. The third-order valence-corrected chi connectivity index (χ3v) is 7.06. The third-order valence-electron chi connectivity index (χ3n) is 7.06. The molecule has 5 rings (SSSR count). The van der Waals surface area contributed by atoms with Crippen molar-refractivity contribution in [3.8, 4) is 5.75 Å². The molecule has 1 aliphatic carbocycles. The lowest BCUT2D eigenvalue weighted by molar-refractivity contribution is 0.413. The number of aromatic nitrogens is 2. The first-order valence-electron chi connectivity index (χ1n) is 12.3. The van der Waals surface area contributed by atoms with Crippen molar-refractivity contribution in [2.45, 2.75) is 39.5 Å². The first kappa shape index (κ1) is 21.8. The van der Waals surface area contributed by atoms with Crippen LogP contribution in [0.15, 0.2) is 36.4 Å². The van der Waals surface area contributed by atoms with Gasteiger partial charge >= 0.3 is 0 Å². The van der Waals surface area contributed by atoms with Gasteiger partial charge < -0.3 is 19.4 Å². The fourth-order valence-electron chi connectivity index (χ4n) is 4.99. The van der Waals surface area contributed by atoms with Crippen LogP contribution in [0.3, 0.4) is 0 Å². The maximum atomic E-state index is 5.60. The van der Waals surface area contributed by atoms with Gasteiger partial charge in [-0.05, 0) is 63.4 Å². The van der Waals surface area contributed by atoms with Crippen molar-refractivity contribution in [2.24, 2.45) is 0 Å². The zero-order chi connectivity index (χ0) is 22.9. The topological polar surface area (TPSA) is 44.7 Å². The van der Waals surface area contributed by atoms with Gasteiger partial charge in [-0.25, -0.2) is 9.97 Å². The second-order valence-corrected chi connectivity index (χ2v) is 9.15. The molecule has 2 aliphatic rings. The maximum absolute atomic E-state index is 5.60. The average molecular weight is 446 g/mol. The van der Waals surface area contributed by atoms with Gasteiger partial charge in [0, 0.05) is 56.3 Å². The number of piperazine rings is 1. The SMILES string of the molecule is CCN(CC)c1cc2c(N3CCN(c4ccccc4OC)CC3)nc(C3CC3)nc2cc1C. The molecular formula is C27H35N5O. The predicted octanol–water partition coefficient (Wildman–Crippen LogP) is 5.00. The van der Waals surface area contributed by atoms with Gasteiger partial charge in [0.2, 0.25) is 0 Å². The number of fused-ring (bicyclic) bond motifs is 1. The Morgan fingerprint density at radius 2 is 1.67 bits per heavy atom. The Morgan fingerprint density at radius 1 is 0.970 bits per heavy atom. The number of ether oxygens (including phenoxy) is 1. The molecule has 3 aromatic rings. The summed E-state index contributed by atoms with van der Waals surface area (Å²) in [5.41, 5.74) is 4.84. The molecule has 2 heterocycles. The molecule has 0 N–H and O–H groups in total. The van der Waals surface area contributed by atoms with E-state index in [4.69, 9.17) is 14.7 Å². The van der Waals surface area contributed by atoms with Gasteiger partial charge in [-0.1, -0.05) is 12.1 Å². The van der Waals surface area contributed by atoms with E-state index in [1.165, 1.54) is 35.2 Å². The largest absolute Gasteiger partial charge is 0.495 e. The second-order valence-electron chi connectivity index (χ2n) is 9.15. The number of aryl methyl sites for hydroxylation is 1. The lowest BCUT2D eigenvalue weighted by atomic mass is 10.1. The number of hydrogen-bond donors (Lipinski definition) is 0. The van der Waals surface area contributed by atoms with Gasteiger partial charge in [0.05, 0.1) is 18.3 Å². The van der Waals surface area contributed by atoms with Gasteiger partial charge in [0.15, 0.2) is 0 Å². The van der Waals surface area contributed by atoms with E-state index in [9.17, 15) is 0 Å². The van der Waals surface area contributed by atoms with E-state index in [1.807, 2.05) is 12.1 Å². The normalized spacial score (nSPS) is 16.4. The first-order valence-corrected chi connectivity index (χ1v) is 12.3. The van der Waals surface area contributed by atoms with Crippen LogP contribution in [-0.4, -0.2) is 56.3 Å². The minimum atomic E-state index is 0.533. The Balaban J connectivity index is 1.49. The summed E-state index contributed by atoms with van der Waals surface area (Å²) in [4.78, 5) is 17.5. The van der Waals surface area contributed by atoms with E-state index < -0.39 is 0 Å². The van der Waals surface area contributed by atoms with Crippen molar-refractivity contribution >= 4 is 28.1 Å². The molecule has 0 spiro atoms. The molecule has 0 radical (unpaired) electrons. The lowest BCUT2D eigenvalue weighted by Crippen LogP contribution is -2.47. The summed E-state index contributed by atoms with van der Waals surface area (Å²) in [6, 6.07) is 12.9. The highest BCUT2D eigenvalue weighted by atomic mass is 16.5. The zero-order valence-corrected chi connectivity index (χ0v) is 20.3. The summed E-state index contributed by atoms with van der Waals surface area (Å²) in [5, 5.41) is 1.18. The number of nitrogens with zero attached hydrogens (tertiary/aromatic N) is 5. The predicted molar refractivity (Wildman–Crippen MR) is 137 cm³/mol. The van der Waals surface area contributed by atoms with Crippen LogP contribution in [0.4, 0.5) is 17.2 Å². The van der Waals surface area contributed by atoms with E-state index >= 15 is 0 Å². The zero-order valence-electron chi connectivity index (χ0n) is 20.3. The molecular weight excluding hydrogens is 410 g/mol. The lowest BCUT2D eigenvalue weighted by Gasteiger charge is -2.37. The average Bonchev–Trinajstić information content (AvgIpc) is 3.70. The fraction of sp³-hybridized carbons (Fsp3) is 0.481. The highest BCUT2D eigenvalue weighted by Crippen LogP contribution is 2.41. The minimum absolute atomic E-state index is 0.533. The standard InChI is InChI=1S/C27H35N5O/c1-5-30(6-2)24-18-21-22(17-19(24)3)28-26(20-11-12-20)29-27(21)32-15-13-31(14-16-32)23-9-7-8-10-25(23)33-4/h7-10,17-18,20H,5-6,11-16H2,1-4H3. The second kappa shape index (κ2) is 9.08. The first-order chi connectivity index (χ1) is 16.1. The van der Waals surface area contributed by atoms with E-state index in [0.29, 0.717) is 5.92 Å². The summed E-state index contributed by atoms with van der Waals surface area (Å²) in [6.45, 7) is 12.4. The van der Waals surface area contributed by atoms with Gasteiger partial charge in [0.1, 0.15) is 17.4 Å². The molecule has 0 amide bonds. The Kier molecular flexibility index (Phi) is 6.00. The van der Waals surface area contributed by atoms with Crippen molar-refractivity contribution in [3.63, 3.8) is 0 Å². The van der Waals surface area contributed by atoms with E-state index in [0.717, 1.165) is 62.2 Å². The third kappa shape index (κ3) is 4.19. The molecule has 2 aromatic carbocycles. The summed E-state index contributed by atoms with van der Waals surface area (Å²) < 4.78 is 5.60. The quantitative estimate of drug-likeness (QED) is 0.510. The van der Waals surface area contributed by atoms with E-state index in [1.54, 1.807) is 7.11 Å². The molecule has 0 bridgehead atoms. The molecule has 0 atom stereocenters. The van der Waals surface area contributed by atoms with Crippen LogP contribution < -0.4 is 19.4 Å². The molecule has 33 heavy (non-hydrogen) atoms. The monoisotopic (exact) mass is 445 g/mol. The molecule has 0 unspecified atom stereocenters. The molecule has 174 valence electrons. The van der Waals surface area contributed by atoms with Crippen molar-refractivity contribution in [1.29, 1.82) is 0 Å². The van der Waals surface area contributed by atoms with Crippen LogP contribution in [0, 0.1) is 6.92 Å². The molecule has 1 aromatic heterocycles. The molecule has 1 aliphatic heterocycles. The van der Waals surface area contributed by atoms with Gasteiger partial charge in [-0.3, -0.25) is 0 Å². The highest BCUT2D eigenvalue weighted by molar-refractivity contribution is 5.93. The summed E-state index contributed by atoms with van der Waals surface area (Å²) >= 11 is 0. The number of methoxy groups -OCH3 is 1. The smallest absolute Gasteiger partial charge is 0.142 e. The van der Waals surface area contributed by atoms with Crippen molar-refractivity contribution < 1.29 is 4.74 Å². The molecule has 2 fully saturated rings. The Labute approximate surface area is 197 Å². The van der Waals surface area contributed by atoms with Crippen LogP contribution in [0.25, 0.3) is 10.9 Å². The van der Waals surface area contributed by atoms with Crippen molar-refractivity contribution in [1.82, 2.24) is 9.97 Å². The Hall–Kier alpha value is -3.02. The van der Waals surface area contributed by atoms with Crippen LogP contribution in [0.2, 0.25) is 0 Å². The molecule has 1 saturated carbocycles. The Morgan fingerprint density at radius 3 is 2.33 bits per heavy atom. The van der Waals surface area contributed by atoms with E-state index in [2.05, 4.69) is 59.7 Å². The molecule has 6 nitrogen and oxygen atoms in total. The van der Waals surface area contributed by atoms with Gasteiger partial charge in [-0.2, -0.15) is 0 Å². The minimum Gasteiger partial charge on any atom is -0.495 e. The van der Waals surface area contributed by atoms with Crippen LogP contribution in [-0.2, 0) is 0 Å². The Bertz CT molecular complexity index is 1130.